The summed E-state index contributed by atoms with van der Waals surface area (Å²) >= 11 is 0. The van der Waals surface area contributed by atoms with Gasteiger partial charge in [0, 0.05) is 17.8 Å². The largest absolute Gasteiger partial charge is 0.326 e. The van der Waals surface area contributed by atoms with Crippen LogP contribution >= 0.6 is 0 Å². The van der Waals surface area contributed by atoms with Gasteiger partial charge in [0.05, 0.1) is 23.5 Å². The fourth-order valence-electron chi connectivity index (χ4n) is 4.12. The molecule has 3 aromatic carbocycles. The molecule has 1 heterocycles. The number of aromatic nitrogens is 2. The summed E-state index contributed by atoms with van der Waals surface area (Å²) in [6.45, 7) is 6.86. The molecular formula is C28H30N4O2. The van der Waals surface area contributed by atoms with Crippen molar-refractivity contribution in [3.63, 3.8) is 0 Å². The number of unbranched alkanes of at least 4 members (excludes halogenated alkanes) is 1. The van der Waals surface area contributed by atoms with E-state index in [4.69, 9.17) is 0 Å². The van der Waals surface area contributed by atoms with E-state index < -0.39 is 0 Å². The van der Waals surface area contributed by atoms with Crippen molar-refractivity contribution in [2.75, 3.05) is 10.6 Å². The van der Waals surface area contributed by atoms with Gasteiger partial charge in [0.1, 0.15) is 0 Å². The number of carbonyl (C=O) groups excluding carboxylic acids is 2. The first-order chi connectivity index (χ1) is 16.5. The highest BCUT2D eigenvalue weighted by Gasteiger charge is 2.15. The summed E-state index contributed by atoms with van der Waals surface area (Å²) in [5.41, 5.74) is 4.68. The van der Waals surface area contributed by atoms with Crippen molar-refractivity contribution in [3.05, 3.63) is 89.2 Å². The second-order valence-corrected chi connectivity index (χ2v) is 8.52. The fourth-order valence-corrected chi connectivity index (χ4v) is 4.12. The number of rotatable bonds is 8. The lowest BCUT2D eigenvalue weighted by Gasteiger charge is -2.10. The number of nitrogens with zero attached hydrogens (tertiary/aromatic N) is 2. The zero-order chi connectivity index (χ0) is 24.1. The Balaban J connectivity index is 1.40. The summed E-state index contributed by atoms with van der Waals surface area (Å²) in [6.07, 6.45) is 2.41. The monoisotopic (exact) mass is 454 g/mol. The lowest BCUT2D eigenvalue weighted by Crippen LogP contribution is -2.16. The van der Waals surface area contributed by atoms with Crippen molar-refractivity contribution in [2.24, 2.45) is 0 Å². The first kappa shape index (κ1) is 23.2. The highest BCUT2D eigenvalue weighted by atomic mass is 16.2. The number of anilines is 2. The van der Waals surface area contributed by atoms with Crippen LogP contribution < -0.4 is 10.6 Å². The Morgan fingerprint density at radius 1 is 0.912 bits per heavy atom. The van der Waals surface area contributed by atoms with Gasteiger partial charge < -0.3 is 10.6 Å². The number of fused-ring (bicyclic) bond motifs is 1. The van der Waals surface area contributed by atoms with Crippen molar-refractivity contribution in [2.45, 2.75) is 46.6 Å². The third kappa shape index (κ3) is 5.17. The van der Waals surface area contributed by atoms with Crippen LogP contribution in [0.2, 0.25) is 0 Å². The molecule has 0 atom stereocenters. The van der Waals surface area contributed by atoms with Gasteiger partial charge in [-0.25, -0.2) is 0 Å². The van der Waals surface area contributed by atoms with Crippen LogP contribution in [-0.2, 0) is 17.8 Å². The fraction of sp³-hybridized carbons (Fsp3) is 0.250. The van der Waals surface area contributed by atoms with E-state index in [1.165, 1.54) is 0 Å². The number of carbonyl (C=O) groups is 2. The summed E-state index contributed by atoms with van der Waals surface area (Å²) in [5, 5.41) is 12.7. The molecule has 174 valence electrons. The molecule has 0 saturated heterocycles. The Hall–Kier alpha value is -3.93. The smallest absolute Gasteiger partial charge is 0.255 e. The predicted octanol–water partition coefficient (Wildman–Crippen LogP) is 5.89. The van der Waals surface area contributed by atoms with Gasteiger partial charge >= 0.3 is 0 Å². The van der Waals surface area contributed by atoms with Crippen molar-refractivity contribution < 1.29 is 9.59 Å². The van der Waals surface area contributed by atoms with Gasteiger partial charge in [0.25, 0.3) is 5.91 Å². The topological polar surface area (TPSA) is 76.0 Å². The Morgan fingerprint density at radius 2 is 1.65 bits per heavy atom. The van der Waals surface area contributed by atoms with Crippen molar-refractivity contribution in [1.82, 2.24) is 9.78 Å². The van der Waals surface area contributed by atoms with E-state index >= 15 is 0 Å². The second-order valence-electron chi connectivity index (χ2n) is 8.52. The van der Waals surface area contributed by atoms with Gasteiger partial charge in [-0.2, -0.15) is 5.10 Å². The van der Waals surface area contributed by atoms with Gasteiger partial charge in [-0.05, 0) is 60.9 Å². The van der Waals surface area contributed by atoms with E-state index in [1.54, 1.807) is 24.3 Å². The molecule has 6 heteroatoms. The van der Waals surface area contributed by atoms with Crippen LogP contribution in [0, 0.1) is 13.8 Å². The van der Waals surface area contributed by atoms with Crippen molar-refractivity contribution in [1.29, 1.82) is 0 Å². The molecule has 0 aliphatic carbocycles. The number of nitrogens with one attached hydrogen (secondary N) is 2. The quantitative estimate of drug-likeness (QED) is 0.349. The summed E-state index contributed by atoms with van der Waals surface area (Å²) in [4.78, 5) is 25.4. The third-order valence-corrected chi connectivity index (χ3v) is 6.01. The standard InChI is InChI=1S/C28H30N4O2/c1-4-5-17-32-20(3)27(19(2)31-32)30-28(34)22-13-15-24(16-14-22)29-26(33)18-23-11-8-10-21-9-6-7-12-25(21)23/h6-16H,4-5,17-18H2,1-3H3,(H,29,33)(H,30,34). The highest BCUT2D eigenvalue weighted by Crippen LogP contribution is 2.22. The summed E-state index contributed by atoms with van der Waals surface area (Å²) in [7, 11) is 0. The minimum Gasteiger partial charge on any atom is -0.326 e. The SMILES string of the molecule is CCCCn1nc(C)c(NC(=O)c2ccc(NC(=O)Cc3cccc4ccccc34)cc2)c1C. The van der Waals surface area contributed by atoms with Crippen LogP contribution in [0.1, 0.15) is 47.1 Å². The zero-order valence-electron chi connectivity index (χ0n) is 19.9. The van der Waals surface area contributed by atoms with Crippen LogP contribution in [0.15, 0.2) is 66.7 Å². The molecule has 6 nitrogen and oxygen atoms in total. The lowest BCUT2D eigenvalue weighted by molar-refractivity contribution is -0.115. The van der Waals surface area contributed by atoms with E-state index in [9.17, 15) is 9.59 Å². The molecule has 4 aromatic rings. The average Bonchev–Trinajstić information content (AvgIpc) is 3.10. The minimum absolute atomic E-state index is 0.0979. The molecule has 0 fully saturated rings. The van der Waals surface area contributed by atoms with Gasteiger partial charge in [0.15, 0.2) is 0 Å². The molecule has 0 radical (unpaired) electrons. The van der Waals surface area contributed by atoms with Gasteiger partial charge in [-0.3, -0.25) is 14.3 Å². The van der Waals surface area contributed by atoms with Crippen molar-refractivity contribution in [3.8, 4) is 0 Å². The molecule has 0 saturated carbocycles. The Morgan fingerprint density at radius 3 is 2.41 bits per heavy atom. The van der Waals surface area contributed by atoms with Crippen LogP contribution in [0.5, 0.6) is 0 Å². The van der Waals surface area contributed by atoms with E-state index in [0.29, 0.717) is 11.3 Å². The zero-order valence-corrected chi connectivity index (χ0v) is 19.9. The normalized spacial score (nSPS) is 10.9. The molecule has 0 unspecified atom stereocenters. The predicted molar refractivity (Wildman–Crippen MR) is 137 cm³/mol. The molecule has 2 amide bonds. The molecule has 0 spiro atoms. The number of hydrogen-bond donors (Lipinski definition) is 2. The van der Waals surface area contributed by atoms with E-state index in [0.717, 1.165) is 52.8 Å². The van der Waals surface area contributed by atoms with Crippen molar-refractivity contribution >= 4 is 34.0 Å². The second kappa shape index (κ2) is 10.3. The maximum Gasteiger partial charge on any atom is 0.255 e. The van der Waals surface area contributed by atoms with Gasteiger partial charge in [0.2, 0.25) is 5.91 Å². The summed E-state index contributed by atoms with van der Waals surface area (Å²) in [6, 6.07) is 21.0. The molecule has 0 aliphatic heterocycles. The summed E-state index contributed by atoms with van der Waals surface area (Å²) in [5.74, 6) is -0.297. The van der Waals surface area contributed by atoms with Crippen LogP contribution in [0.25, 0.3) is 10.8 Å². The Kier molecular flexibility index (Phi) is 7.07. The number of hydrogen-bond acceptors (Lipinski definition) is 3. The lowest BCUT2D eigenvalue weighted by atomic mass is 10.0. The third-order valence-electron chi connectivity index (χ3n) is 6.01. The van der Waals surface area contributed by atoms with Crippen LogP contribution in [-0.4, -0.2) is 21.6 Å². The van der Waals surface area contributed by atoms with E-state index in [1.807, 2.05) is 61.0 Å². The number of aryl methyl sites for hydroxylation is 2. The van der Waals surface area contributed by atoms with Gasteiger partial charge in [-0.15, -0.1) is 0 Å². The first-order valence-corrected chi connectivity index (χ1v) is 11.7. The molecule has 34 heavy (non-hydrogen) atoms. The molecule has 0 bridgehead atoms. The van der Waals surface area contributed by atoms with Crippen LogP contribution in [0.4, 0.5) is 11.4 Å². The number of amides is 2. The van der Waals surface area contributed by atoms with E-state index in [2.05, 4.69) is 22.7 Å². The maximum atomic E-state index is 12.8. The van der Waals surface area contributed by atoms with E-state index in [-0.39, 0.29) is 18.2 Å². The molecule has 0 aliphatic rings. The Labute approximate surface area is 200 Å². The Bertz CT molecular complexity index is 1320. The van der Waals surface area contributed by atoms with Crippen LogP contribution in [0.3, 0.4) is 0 Å². The molecular weight excluding hydrogens is 424 g/mol. The highest BCUT2D eigenvalue weighted by molar-refractivity contribution is 6.05. The van der Waals surface area contributed by atoms with Gasteiger partial charge in [-0.1, -0.05) is 55.8 Å². The molecule has 4 rings (SSSR count). The average molecular weight is 455 g/mol. The maximum absolute atomic E-state index is 12.8. The molecule has 1 aromatic heterocycles. The summed E-state index contributed by atoms with van der Waals surface area (Å²) < 4.78 is 1.95. The minimum atomic E-state index is -0.199. The molecule has 2 N–H and O–H groups in total. The number of benzene rings is 3. The first-order valence-electron chi connectivity index (χ1n) is 11.7.